The third-order valence-corrected chi connectivity index (χ3v) is 11.7. The van der Waals surface area contributed by atoms with Crippen LogP contribution in [0.5, 0.6) is 0 Å². The Balaban J connectivity index is 0.000000188. The Bertz CT molecular complexity index is 1760. The Morgan fingerprint density at radius 3 is 2.38 bits per heavy atom. The predicted octanol–water partition coefficient (Wildman–Crippen LogP) is 8.83. The van der Waals surface area contributed by atoms with Gasteiger partial charge in [0.2, 0.25) is 5.71 Å². The van der Waals surface area contributed by atoms with E-state index in [4.69, 9.17) is 9.40 Å². The molecule has 1 radical (unpaired) electrons. The number of furan rings is 1. The van der Waals surface area contributed by atoms with E-state index in [-0.39, 0.29) is 20.1 Å². The van der Waals surface area contributed by atoms with Gasteiger partial charge in [0.1, 0.15) is 0 Å². The third-order valence-electron chi connectivity index (χ3n) is 7.40. The zero-order chi connectivity index (χ0) is 29.0. The number of benzene rings is 2. The molecule has 0 bridgehead atoms. The molecule has 0 saturated carbocycles. The first-order valence-electron chi connectivity index (χ1n) is 14.3. The van der Waals surface area contributed by atoms with Gasteiger partial charge in [-0.15, -0.1) is 23.8 Å². The van der Waals surface area contributed by atoms with Crippen LogP contribution in [0.25, 0.3) is 44.6 Å². The zero-order valence-electron chi connectivity index (χ0n) is 25.2. The summed E-state index contributed by atoms with van der Waals surface area (Å²) in [6.07, 6.45) is 6.32. The SMILES string of the molecule is CCC(C)Cc1cc(-c2[c-]cccc2)nc[c]1[Ge]([CH3])([CH3])[CH3].Cc1ccc2c(n1)oc1c[c-]c(-c3ccccn3)cc12.[Ir]. The molecular weight excluding hydrogens is 755 g/mol. The number of hydrogen-bond acceptors (Lipinski definition) is 4. The van der Waals surface area contributed by atoms with E-state index < -0.39 is 13.3 Å². The van der Waals surface area contributed by atoms with E-state index in [1.165, 1.54) is 12.0 Å². The molecule has 4 aromatic heterocycles. The first-order valence-corrected chi connectivity index (χ1v) is 21.7. The molecule has 4 heterocycles. The van der Waals surface area contributed by atoms with Crippen molar-refractivity contribution in [2.24, 2.45) is 5.92 Å². The molecule has 1 unspecified atom stereocenters. The number of aryl methyl sites for hydroxylation is 1. The summed E-state index contributed by atoms with van der Waals surface area (Å²) in [5.74, 6) is 8.07. The van der Waals surface area contributed by atoms with Gasteiger partial charge in [-0.05, 0) is 30.8 Å². The minimum atomic E-state index is -1.87. The molecule has 0 spiro atoms. The average molecular weight is 793 g/mol. The first-order chi connectivity index (χ1) is 19.7. The number of fused-ring (bicyclic) bond motifs is 3. The van der Waals surface area contributed by atoms with Crippen molar-refractivity contribution in [2.45, 2.75) is 50.9 Å². The zero-order valence-corrected chi connectivity index (χ0v) is 29.7. The predicted molar refractivity (Wildman–Crippen MR) is 173 cm³/mol. The molecule has 0 aliphatic carbocycles. The van der Waals surface area contributed by atoms with Crippen molar-refractivity contribution in [3.05, 3.63) is 109 Å². The molecule has 0 saturated heterocycles. The minimum Gasteiger partial charge on any atom is -0.486 e. The Kier molecular flexibility index (Phi) is 10.5. The maximum absolute atomic E-state index is 5.76. The second-order valence-electron chi connectivity index (χ2n) is 11.7. The second kappa shape index (κ2) is 13.9. The molecule has 6 aromatic rings. The molecule has 0 N–H and O–H groups in total. The van der Waals surface area contributed by atoms with E-state index in [2.05, 4.69) is 83.7 Å². The summed E-state index contributed by atoms with van der Waals surface area (Å²) in [4.78, 5) is 13.5. The maximum Gasteiger partial charge on any atom is 0.216 e. The van der Waals surface area contributed by atoms with Crippen molar-refractivity contribution >= 4 is 39.7 Å². The second-order valence-corrected chi connectivity index (χ2v) is 22.3. The van der Waals surface area contributed by atoms with Crippen molar-refractivity contribution in [3.8, 4) is 22.5 Å². The van der Waals surface area contributed by atoms with Crippen molar-refractivity contribution in [1.82, 2.24) is 15.0 Å². The first kappa shape index (κ1) is 31.8. The van der Waals surface area contributed by atoms with E-state index in [1.54, 1.807) is 10.6 Å². The van der Waals surface area contributed by atoms with E-state index in [1.807, 2.05) is 55.5 Å². The van der Waals surface area contributed by atoms with Crippen LogP contribution in [-0.2, 0) is 26.5 Å². The monoisotopic (exact) mass is 794 g/mol. The fourth-order valence-electron chi connectivity index (χ4n) is 4.92. The van der Waals surface area contributed by atoms with Crippen LogP contribution in [-0.4, -0.2) is 28.2 Å². The van der Waals surface area contributed by atoms with Gasteiger partial charge in [0.05, 0.1) is 5.58 Å². The van der Waals surface area contributed by atoms with Gasteiger partial charge in [-0.2, -0.15) is 0 Å². The van der Waals surface area contributed by atoms with Gasteiger partial charge in [0.15, 0.2) is 0 Å². The Labute approximate surface area is 265 Å². The standard InChI is InChI=1S/C19H26GeN.C17H11N2O.Ir/c1-6-15(2)12-17-13-19(16-10-8-7-9-11-16)21-14-18(17)20(3,4)5;1-11-5-7-13-14-10-12(15-4-2-3-9-18-15)6-8-16(14)20-17(13)19-11;/h7-10,13-15H,6,12H2,1-5H3;2-5,7-10H,1H3;/q2*-1;. The van der Waals surface area contributed by atoms with Crippen LogP contribution >= 0.6 is 0 Å². The van der Waals surface area contributed by atoms with Crippen LogP contribution in [0.4, 0.5) is 0 Å². The molecular formula is C36H37GeIrN3O-2. The molecule has 6 heteroatoms. The molecule has 6 rings (SSSR count). The number of aromatic nitrogens is 3. The normalized spacial score (nSPS) is 12.0. The number of rotatable bonds is 6. The van der Waals surface area contributed by atoms with Gasteiger partial charge in [-0.3, -0.25) is 0 Å². The number of nitrogens with zero attached hydrogens (tertiary/aromatic N) is 3. The molecule has 1 atom stereocenters. The smallest absolute Gasteiger partial charge is 0.216 e. The number of pyridine rings is 3. The largest absolute Gasteiger partial charge is 0.486 e. The van der Waals surface area contributed by atoms with Gasteiger partial charge in [-0.1, -0.05) is 17.5 Å². The molecule has 217 valence electrons. The average Bonchev–Trinajstić information content (AvgIpc) is 3.34. The molecule has 4 nitrogen and oxygen atoms in total. The third kappa shape index (κ3) is 7.44. The number of hydrogen-bond donors (Lipinski definition) is 0. The topological polar surface area (TPSA) is 51.8 Å². The quantitative estimate of drug-likeness (QED) is 0.125. The summed E-state index contributed by atoms with van der Waals surface area (Å²) in [5.41, 5.74) is 7.96. The van der Waals surface area contributed by atoms with E-state index in [9.17, 15) is 0 Å². The van der Waals surface area contributed by atoms with Crippen LogP contribution in [0.15, 0.2) is 89.6 Å². The molecule has 0 fully saturated rings. The van der Waals surface area contributed by atoms with Crippen LogP contribution < -0.4 is 4.40 Å². The summed E-state index contributed by atoms with van der Waals surface area (Å²) < 4.78 is 7.31. The summed E-state index contributed by atoms with van der Waals surface area (Å²) in [5, 5.41) is 2.07. The van der Waals surface area contributed by atoms with Gasteiger partial charge in [-0.25, -0.2) is 4.98 Å². The van der Waals surface area contributed by atoms with Crippen molar-refractivity contribution in [2.75, 3.05) is 0 Å². The molecule has 0 aliphatic heterocycles. The Morgan fingerprint density at radius 2 is 1.69 bits per heavy atom. The Morgan fingerprint density at radius 1 is 0.881 bits per heavy atom. The Hall–Kier alpha value is -3.12. The summed E-state index contributed by atoms with van der Waals surface area (Å²) in [7, 11) is 0. The van der Waals surface area contributed by atoms with E-state index in [0.29, 0.717) is 5.71 Å². The molecule has 42 heavy (non-hydrogen) atoms. The van der Waals surface area contributed by atoms with Gasteiger partial charge >= 0.3 is 132 Å². The summed E-state index contributed by atoms with van der Waals surface area (Å²) in [6.45, 7) is 6.57. The molecule has 2 aromatic carbocycles. The summed E-state index contributed by atoms with van der Waals surface area (Å²) >= 11 is -1.87. The van der Waals surface area contributed by atoms with Gasteiger partial charge in [0.25, 0.3) is 0 Å². The van der Waals surface area contributed by atoms with Gasteiger partial charge < -0.3 is 9.40 Å². The van der Waals surface area contributed by atoms with Crippen molar-refractivity contribution in [1.29, 1.82) is 0 Å². The van der Waals surface area contributed by atoms with Crippen molar-refractivity contribution < 1.29 is 24.5 Å². The van der Waals surface area contributed by atoms with Crippen molar-refractivity contribution in [3.63, 3.8) is 0 Å². The molecule has 0 amide bonds. The minimum absolute atomic E-state index is 0. The van der Waals surface area contributed by atoms with Crippen LogP contribution in [0.2, 0.25) is 17.3 Å². The maximum atomic E-state index is 5.76. The van der Waals surface area contributed by atoms with Crippen LogP contribution in [0, 0.1) is 25.0 Å². The van der Waals surface area contributed by atoms with Gasteiger partial charge in [0, 0.05) is 37.4 Å². The molecule has 0 aliphatic rings. The summed E-state index contributed by atoms with van der Waals surface area (Å²) in [6, 6.07) is 30.7. The van der Waals surface area contributed by atoms with Crippen LogP contribution in [0.3, 0.4) is 0 Å². The van der Waals surface area contributed by atoms with E-state index in [0.717, 1.165) is 56.9 Å². The van der Waals surface area contributed by atoms with E-state index >= 15 is 0 Å². The fraction of sp³-hybridized carbons (Fsp3) is 0.250. The fourth-order valence-corrected chi connectivity index (χ4v) is 8.26. The van der Waals surface area contributed by atoms with Crippen LogP contribution in [0.1, 0.15) is 31.5 Å².